The molecular weight excluding hydrogens is 272 g/mol. The van der Waals surface area contributed by atoms with E-state index in [4.69, 9.17) is 0 Å². The Bertz CT molecular complexity index is 524. The van der Waals surface area contributed by atoms with Crippen molar-refractivity contribution >= 4 is 5.91 Å². The molecule has 0 unspecified atom stereocenters. The van der Waals surface area contributed by atoms with E-state index in [1.165, 1.54) is 44.2 Å². The van der Waals surface area contributed by atoms with Crippen LogP contribution in [0.4, 0.5) is 0 Å². The minimum Gasteiger partial charge on any atom is -0.356 e. The Balaban J connectivity index is 1.30. The van der Waals surface area contributed by atoms with Crippen LogP contribution in [0.2, 0.25) is 0 Å². The molecule has 0 atom stereocenters. The Morgan fingerprint density at radius 1 is 1.23 bits per heavy atom. The standard InChI is InChI=1S/C19H28N2O/c1-21-6-2-3-17(21)4-5-20-18(22)13-19-10-14-7-15(11-19)9-16(8-14)12-19/h2-3,6,14-16H,4-5,7-13H2,1H3,(H,20,22). The molecule has 4 aliphatic carbocycles. The molecule has 0 saturated heterocycles. The molecule has 4 bridgehead atoms. The molecule has 1 aromatic rings. The van der Waals surface area contributed by atoms with Crippen LogP contribution >= 0.6 is 0 Å². The molecule has 0 radical (unpaired) electrons. The van der Waals surface area contributed by atoms with Gasteiger partial charge in [0.15, 0.2) is 0 Å². The van der Waals surface area contributed by atoms with Crippen molar-refractivity contribution in [3.05, 3.63) is 24.0 Å². The van der Waals surface area contributed by atoms with Crippen molar-refractivity contribution in [3.63, 3.8) is 0 Å². The van der Waals surface area contributed by atoms with Gasteiger partial charge in [-0.3, -0.25) is 4.79 Å². The fourth-order valence-corrected chi connectivity index (χ4v) is 6.00. The molecule has 4 saturated carbocycles. The van der Waals surface area contributed by atoms with E-state index in [1.54, 1.807) is 0 Å². The maximum Gasteiger partial charge on any atom is 0.220 e. The SMILES string of the molecule is Cn1cccc1CCNC(=O)CC12CC3CC(CC(C3)C1)C2. The van der Waals surface area contributed by atoms with Crippen molar-refractivity contribution in [1.29, 1.82) is 0 Å². The van der Waals surface area contributed by atoms with Crippen molar-refractivity contribution in [2.24, 2.45) is 30.2 Å². The summed E-state index contributed by atoms with van der Waals surface area (Å²) in [6.45, 7) is 0.767. The maximum absolute atomic E-state index is 12.4. The molecule has 3 heteroatoms. The molecular formula is C19H28N2O. The van der Waals surface area contributed by atoms with Crippen molar-refractivity contribution < 1.29 is 4.79 Å². The van der Waals surface area contributed by atoms with E-state index in [1.807, 2.05) is 0 Å². The highest BCUT2D eigenvalue weighted by Crippen LogP contribution is 2.61. The topological polar surface area (TPSA) is 34.0 Å². The van der Waals surface area contributed by atoms with Crippen LogP contribution in [0, 0.1) is 23.2 Å². The van der Waals surface area contributed by atoms with E-state index in [-0.39, 0.29) is 5.91 Å². The van der Waals surface area contributed by atoms with E-state index in [9.17, 15) is 4.79 Å². The second-order valence-corrected chi connectivity index (χ2v) is 8.30. The molecule has 0 aliphatic heterocycles. The van der Waals surface area contributed by atoms with Crippen molar-refractivity contribution in [3.8, 4) is 0 Å². The van der Waals surface area contributed by atoms with Gasteiger partial charge in [-0.1, -0.05) is 0 Å². The molecule has 4 aliphatic rings. The Kier molecular flexibility index (Phi) is 3.54. The molecule has 1 heterocycles. The van der Waals surface area contributed by atoms with Gasteiger partial charge in [0, 0.05) is 38.3 Å². The Hall–Kier alpha value is -1.25. The summed E-state index contributed by atoms with van der Waals surface area (Å²) in [5.74, 6) is 3.09. The van der Waals surface area contributed by atoms with E-state index in [0.29, 0.717) is 5.41 Å². The van der Waals surface area contributed by atoms with Gasteiger partial charge in [0.25, 0.3) is 0 Å². The first kappa shape index (κ1) is 14.3. The smallest absolute Gasteiger partial charge is 0.220 e. The average Bonchev–Trinajstić information content (AvgIpc) is 2.82. The third-order valence-electron chi connectivity index (χ3n) is 6.46. The van der Waals surface area contributed by atoms with Crippen LogP contribution in [0.25, 0.3) is 0 Å². The second-order valence-electron chi connectivity index (χ2n) is 8.30. The molecule has 0 spiro atoms. The maximum atomic E-state index is 12.4. The monoisotopic (exact) mass is 300 g/mol. The largest absolute Gasteiger partial charge is 0.356 e. The lowest BCUT2D eigenvalue weighted by atomic mass is 9.49. The van der Waals surface area contributed by atoms with Crippen LogP contribution in [0.1, 0.15) is 50.6 Å². The van der Waals surface area contributed by atoms with Crippen molar-refractivity contribution in [2.75, 3.05) is 6.54 Å². The zero-order valence-electron chi connectivity index (χ0n) is 13.7. The summed E-state index contributed by atoms with van der Waals surface area (Å²) >= 11 is 0. The predicted molar refractivity (Wildman–Crippen MR) is 87.3 cm³/mol. The summed E-state index contributed by atoms with van der Waals surface area (Å²) in [6.07, 6.45) is 12.1. The minimum absolute atomic E-state index is 0.288. The third kappa shape index (κ3) is 2.70. The summed E-state index contributed by atoms with van der Waals surface area (Å²) in [5, 5.41) is 3.17. The molecule has 22 heavy (non-hydrogen) atoms. The van der Waals surface area contributed by atoms with Gasteiger partial charge < -0.3 is 9.88 Å². The predicted octanol–water partition coefficient (Wildman–Crippen LogP) is 3.29. The fourth-order valence-electron chi connectivity index (χ4n) is 6.00. The zero-order valence-corrected chi connectivity index (χ0v) is 13.7. The lowest BCUT2D eigenvalue weighted by Crippen LogP contribution is -2.48. The van der Waals surface area contributed by atoms with Crippen LogP contribution in [0.3, 0.4) is 0 Å². The number of aromatic nitrogens is 1. The molecule has 0 aromatic carbocycles. The Morgan fingerprint density at radius 3 is 2.41 bits per heavy atom. The first-order valence-electron chi connectivity index (χ1n) is 8.99. The number of amides is 1. The highest BCUT2D eigenvalue weighted by molar-refractivity contribution is 5.76. The third-order valence-corrected chi connectivity index (χ3v) is 6.46. The lowest BCUT2D eigenvalue weighted by molar-refractivity contribution is -0.129. The number of aryl methyl sites for hydroxylation is 1. The first-order valence-corrected chi connectivity index (χ1v) is 8.99. The minimum atomic E-state index is 0.288. The van der Waals surface area contributed by atoms with E-state index in [0.717, 1.165) is 37.1 Å². The highest BCUT2D eigenvalue weighted by atomic mass is 16.1. The molecule has 120 valence electrons. The van der Waals surface area contributed by atoms with E-state index < -0.39 is 0 Å². The number of carbonyl (C=O) groups excluding carboxylic acids is 1. The van der Waals surface area contributed by atoms with E-state index >= 15 is 0 Å². The molecule has 1 N–H and O–H groups in total. The van der Waals surface area contributed by atoms with Crippen LogP contribution in [0.15, 0.2) is 18.3 Å². The van der Waals surface area contributed by atoms with Crippen LogP contribution in [-0.2, 0) is 18.3 Å². The quantitative estimate of drug-likeness (QED) is 0.889. The van der Waals surface area contributed by atoms with Crippen LogP contribution < -0.4 is 5.32 Å². The van der Waals surface area contributed by atoms with E-state index in [2.05, 4.69) is 35.3 Å². The first-order chi connectivity index (χ1) is 10.6. The summed E-state index contributed by atoms with van der Waals surface area (Å²) in [7, 11) is 2.06. The number of rotatable bonds is 5. The van der Waals surface area contributed by atoms with Gasteiger partial charge in [-0.15, -0.1) is 0 Å². The fraction of sp³-hybridized carbons (Fsp3) is 0.737. The Labute approximate surface area is 133 Å². The number of nitrogens with one attached hydrogen (secondary N) is 1. The van der Waals surface area contributed by atoms with Gasteiger partial charge in [-0.2, -0.15) is 0 Å². The highest BCUT2D eigenvalue weighted by Gasteiger charge is 2.51. The van der Waals surface area contributed by atoms with Crippen molar-refractivity contribution in [1.82, 2.24) is 9.88 Å². The second kappa shape index (κ2) is 5.43. The average molecular weight is 300 g/mol. The molecule has 3 nitrogen and oxygen atoms in total. The van der Waals surface area contributed by atoms with Crippen molar-refractivity contribution in [2.45, 2.75) is 51.4 Å². The lowest BCUT2D eigenvalue weighted by Gasteiger charge is -2.56. The van der Waals surface area contributed by atoms with Gasteiger partial charge in [0.1, 0.15) is 0 Å². The molecule has 5 rings (SSSR count). The Morgan fingerprint density at radius 2 is 1.86 bits per heavy atom. The summed E-state index contributed by atoms with van der Waals surface area (Å²) in [6, 6.07) is 4.19. The summed E-state index contributed by atoms with van der Waals surface area (Å²) < 4.78 is 2.13. The molecule has 4 fully saturated rings. The molecule has 1 amide bonds. The number of hydrogen-bond donors (Lipinski definition) is 1. The van der Waals surface area contributed by atoms with Gasteiger partial charge in [0.2, 0.25) is 5.91 Å². The summed E-state index contributed by atoms with van der Waals surface area (Å²) in [5.41, 5.74) is 1.65. The molecule has 1 aromatic heterocycles. The number of carbonyl (C=O) groups is 1. The normalized spacial score (nSPS) is 35.8. The zero-order chi connectivity index (χ0) is 15.2. The van der Waals surface area contributed by atoms with Gasteiger partial charge in [0.05, 0.1) is 0 Å². The number of hydrogen-bond acceptors (Lipinski definition) is 1. The number of nitrogens with zero attached hydrogens (tertiary/aromatic N) is 1. The summed E-state index contributed by atoms with van der Waals surface area (Å²) in [4.78, 5) is 12.4. The van der Waals surface area contributed by atoms with Crippen LogP contribution in [-0.4, -0.2) is 17.0 Å². The van der Waals surface area contributed by atoms with Gasteiger partial charge in [-0.05, 0) is 73.8 Å². The van der Waals surface area contributed by atoms with Gasteiger partial charge >= 0.3 is 0 Å². The van der Waals surface area contributed by atoms with Crippen LogP contribution in [0.5, 0.6) is 0 Å². The van der Waals surface area contributed by atoms with Gasteiger partial charge in [-0.25, -0.2) is 0 Å².